The molecule has 4 nitrogen and oxygen atoms in total. The molecule has 94 valence electrons. The highest BCUT2D eigenvalue weighted by atomic mass is 35.5. The van der Waals surface area contributed by atoms with Crippen molar-refractivity contribution in [2.45, 2.75) is 13.8 Å². The minimum atomic E-state index is -0.460. The fourth-order valence-corrected chi connectivity index (χ4v) is 2.06. The molecule has 1 heterocycles. The van der Waals surface area contributed by atoms with Gasteiger partial charge >= 0.3 is 5.97 Å². The first-order valence-electron chi connectivity index (χ1n) is 5.54. The third kappa shape index (κ3) is 2.11. The van der Waals surface area contributed by atoms with Crippen LogP contribution in [-0.2, 0) is 4.74 Å². The number of pyridine rings is 1. The standard InChI is InChI=1S/C13H12ClNO3/c1-3-18-13(17)11-7(2)15-12(16)9-5-4-8(14)6-10(9)11/h4-6H,3H2,1-2H3,(H,15,16). The van der Waals surface area contributed by atoms with Gasteiger partial charge in [0.1, 0.15) is 0 Å². The minimum absolute atomic E-state index is 0.243. The summed E-state index contributed by atoms with van der Waals surface area (Å²) in [4.78, 5) is 26.3. The second-order valence-corrected chi connectivity index (χ2v) is 4.30. The predicted molar refractivity (Wildman–Crippen MR) is 70.3 cm³/mol. The summed E-state index contributed by atoms with van der Waals surface area (Å²) in [5.74, 6) is -0.460. The fraction of sp³-hybridized carbons (Fsp3) is 0.231. The number of ether oxygens (including phenoxy) is 1. The quantitative estimate of drug-likeness (QED) is 0.850. The van der Waals surface area contributed by atoms with Crippen molar-refractivity contribution in [2.24, 2.45) is 0 Å². The summed E-state index contributed by atoms with van der Waals surface area (Å²) in [5, 5.41) is 1.41. The van der Waals surface area contributed by atoms with E-state index in [4.69, 9.17) is 16.3 Å². The normalized spacial score (nSPS) is 10.6. The number of halogens is 1. The van der Waals surface area contributed by atoms with Crippen LogP contribution in [0.25, 0.3) is 10.8 Å². The Morgan fingerprint density at radius 1 is 1.39 bits per heavy atom. The Hall–Kier alpha value is -1.81. The SMILES string of the molecule is CCOC(=O)c1c(C)[nH]c(=O)c2ccc(Cl)cc12. The molecule has 2 aromatic rings. The first-order chi connectivity index (χ1) is 8.54. The fourth-order valence-electron chi connectivity index (χ4n) is 1.89. The maximum Gasteiger partial charge on any atom is 0.340 e. The maximum atomic E-state index is 11.9. The van der Waals surface area contributed by atoms with Gasteiger partial charge in [-0.2, -0.15) is 0 Å². The van der Waals surface area contributed by atoms with E-state index in [9.17, 15) is 9.59 Å². The zero-order chi connectivity index (χ0) is 13.3. The van der Waals surface area contributed by atoms with E-state index < -0.39 is 5.97 Å². The molecule has 0 aliphatic carbocycles. The van der Waals surface area contributed by atoms with Crippen LogP contribution in [0.5, 0.6) is 0 Å². The first kappa shape index (κ1) is 12.6. The van der Waals surface area contributed by atoms with Crippen LogP contribution in [0, 0.1) is 6.92 Å². The average molecular weight is 266 g/mol. The van der Waals surface area contributed by atoms with Gasteiger partial charge in [-0.25, -0.2) is 4.79 Å². The van der Waals surface area contributed by atoms with Crippen LogP contribution >= 0.6 is 11.6 Å². The molecular weight excluding hydrogens is 254 g/mol. The topological polar surface area (TPSA) is 59.2 Å². The Morgan fingerprint density at radius 3 is 2.78 bits per heavy atom. The van der Waals surface area contributed by atoms with E-state index in [-0.39, 0.29) is 12.2 Å². The predicted octanol–water partition coefficient (Wildman–Crippen LogP) is 2.67. The van der Waals surface area contributed by atoms with Gasteiger partial charge in [-0.1, -0.05) is 11.6 Å². The van der Waals surface area contributed by atoms with E-state index in [1.165, 1.54) is 0 Å². The molecular formula is C13H12ClNO3. The van der Waals surface area contributed by atoms with Crippen molar-refractivity contribution >= 4 is 28.3 Å². The molecule has 18 heavy (non-hydrogen) atoms. The van der Waals surface area contributed by atoms with Crippen LogP contribution in [0.4, 0.5) is 0 Å². The molecule has 0 amide bonds. The van der Waals surface area contributed by atoms with Crippen molar-refractivity contribution in [3.63, 3.8) is 0 Å². The van der Waals surface area contributed by atoms with Gasteiger partial charge in [0, 0.05) is 21.5 Å². The molecule has 0 saturated carbocycles. The number of hydrogen-bond acceptors (Lipinski definition) is 3. The number of nitrogens with one attached hydrogen (secondary N) is 1. The molecule has 0 bridgehead atoms. The van der Waals surface area contributed by atoms with Crippen molar-refractivity contribution in [1.29, 1.82) is 0 Å². The summed E-state index contributed by atoms with van der Waals surface area (Å²) in [7, 11) is 0. The summed E-state index contributed by atoms with van der Waals surface area (Å²) in [6.45, 7) is 3.67. The van der Waals surface area contributed by atoms with Crippen LogP contribution in [0.2, 0.25) is 5.02 Å². The number of aromatic nitrogens is 1. The van der Waals surface area contributed by atoms with Crippen LogP contribution in [0.3, 0.4) is 0 Å². The summed E-state index contributed by atoms with van der Waals surface area (Å²) in [6.07, 6.45) is 0. The number of esters is 1. The Morgan fingerprint density at radius 2 is 2.11 bits per heavy atom. The average Bonchev–Trinajstić information content (AvgIpc) is 2.28. The summed E-state index contributed by atoms with van der Waals surface area (Å²) < 4.78 is 4.99. The van der Waals surface area contributed by atoms with Gasteiger partial charge in [0.25, 0.3) is 5.56 Å². The third-order valence-corrected chi connectivity index (χ3v) is 2.89. The Bertz CT molecular complexity index is 676. The van der Waals surface area contributed by atoms with E-state index >= 15 is 0 Å². The van der Waals surface area contributed by atoms with Gasteiger partial charge in [0.2, 0.25) is 0 Å². The molecule has 0 atom stereocenters. The Balaban J connectivity index is 2.82. The monoisotopic (exact) mass is 265 g/mol. The zero-order valence-electron chi connectivity index (χ0n) is 10.0. The van der Waals surface area contributed by atoms with Gasteiger partial charge in [-0.3, -0.25) is 4.79 Å². The lowest BCUT2D eigenvalue weighted by molar-refractivity contribution is 0.0527. The molecule has 0 radical (unpaired) electrons. The lowest BCUT2D eigenvalue weighted by atomic mass is 10.0. The number of carbonyl (C=O) groups excluding carboxylic acids is 1. The van der Waals surface area contributed by atoms with Gasteiger partial charge in [-0.15, -0.1) is 0 Å². The van der Waals surface area contributed by atoms with Crippen molar-refractivity contribution in [3.05, 3.63) is 44.8 Å². The number of benzene rings is 1. The summed E-state index contributed by atoms with van der Waals surface area (Å²) in [6, 6.07) is 4.81. The maximum absolute atomic E-state index is 11.9. The van der Waals surface area contributed by atoms with Gasteiger partial charge < -0.3 is 9.72 Å². The van der Waals surface area contributed by atoms with Gasteiger partial charge in [0.15, 0.2) is 0 Å². The van der Waals surface area contributed by atoms with Crippen LogP contribution in [0.1, 0.15) is 23.0 Å². The molecule has 0 fully saturated rings. The van der Waals surface area contributed by atoms with Crippen LogP contribution in [-0.4, -0.2) is 17.6 Å². The molecule has 2 rings (SSSR count). The number of hydrogen-bond donors (Lipinski definition) is 1. The Labute approximate surface area is 109 Å². The summed E-state index contributed by atoms with van der Waals surface area (Å²) >= 11 is 5.91. The van der Waals surface area contributed by atoms with E-state index in [0.717, 1.165) is 0 Å². The number of H-pyrrole nitrogens is 1. The molecule has 1 aromatic heterocycles. The van der Waals surface area contributed by atoms with E-state index in [0.29, 0.717) is 27.1 Å². The Kier molecular flexibility index (Phi) is 3.39. The van der Waals surface area contributed by atoms with Crippen molar-refractivity contribution in [1.82, 2.24) is 4.98 Å². The molecule has 0 saturated heterocycles. The van der Waals surface area contributed by atoms with E-state index in [1.54, 1.807) is 32.0 Å². The highest BCUT2D eigenvalue weighted by Crippen LogP contribution is 2.22. The highest BCUT2D eigenvalue weighted by molar-refractivity contribution is 6.31. The lowest BCUT2D eigenvalue weighted by Crippen LogP contribution is -2.15. The first-order valence-corrected chi connectivity index (χ1v) is 5.91. The zero-order valence-corrected chi connectivity index (χ0v) is 10.8. The molecule has 5 heteroatoms. The largest absolute Gasteiger partial charge is 0.462 e. The number of fused-ring (bicyclic) bond motifs is 1. The third-order valence-electron chi connectivity index (χ3n) is 2.65. The number of carbonyl (C=O) groups is 1. The van der Waals surface area contributed by atoms with E-state index in [2.05, 4.69) is 4.98 Å². The number of aryl methyl sites for hydroxylation is 1. The molecule has 1 N–H and O–H groups in total. The second kappa shape index (κ2) is 4.82. The molecule has 0 spiro atoms. The molecule has 0 aliphatic rings. The minimum Gasteiger partial charge on any atom is -0.462 e. The van der Waals surface area contributed by atoms with Crippen LogP contribution in [0.15, 0.2) is 23.0 Å². The highest BCUT2D eigenvalue weighted by Gasteiger charge is 2.17. The molecule has 0 aliphatic heterocycles. The number of aromatic amines is 1. The summed E-state index contributed by atoms with van der Waals surface area (Å²) in [5.41, 5.74) is 0.592. The van der Waals surface area contributed by atoms with E-state index in [1.807, 2.05) is 0 Å². The van der Waals surface area contributed by atoms with Crippen molar-refractivity contribution < 1.29 is 9.53 Å². The smallest absolute Gasteiger partial charge is 0.340 e. The van der Waals surface area contributed by atoms with Crippen molar-refractivity contribution in [3.8, 4) is 0 Å². The number of rotatable bonds is 2. The molecule has 1 aromatic carbocycles. The van der Waals surface area contributed by atoms with Gasteiger partial charge in [0.05, 0.1) is 12.2 Å². The van der Waals surface area contributed by atoms with Crippen molar-refractivity contribution in [2.75, 3.05) is 6.61 Å². The molecule has 0 unspecified atom stereocenters. The van der Waals surface area contributed by atoms with Crippen LogP contribution < -0.4 is 5.56 Å². The lowest BCUT2D eigenvalue weighted by Gasteiger charge is -2.09. The second-order valence-electron chi connectivity index (χ2n) is 3.86. The van der Waals surface area contributed by atoms with Gasteiger partial charge in [-0.05, 0) is 32.0 Å².